The molecule has 392 valence electrons. The molecule has 0 spiro atoms. The van der Waals surface area contributed by atoms with Crippen LogP contribution < -0.4 is 42.6 Å². The van der Waals surface area contributed by atoms with Crippen LogP contribution in [-0.2, 0) is 58.9 Å². The molecule has 0 radical (unpaired) electrons. The molecule has 4 saturated carbocycles. The molecule has 13 aliphatic rings. The third-order valence-corrected chi connectivity index (χ3v) is 16.3. The fraction of sp³-hybridized carbons (Fsp3) is 0.673. The van der Waals surface area contributed by atoms with Gasteiger partial charge in [-0.3, -0.25) is 0 Å². The number of benzene rings is 3. The summed E-state index contributed by atoms with van der Waals surface area (Å²) in [7, 11) is 0. The van der Waals surface area contributed by atoms with Gasteiger partial charge >= 0.3 is 0 Å². The first kappa shape index (κ1) is 45.9. The smallest absolute Gasteiger partial charge is 0.130 e. The van der Waals surface area contributed by atoms with Crippen LogP contribution in [0.3, 0.4) is 0 Å². The van der Waals surface area contributed by atoms with Gasteiger partial charge in [-0.1, -0.05) is 0 Å². The molecule has 0 N–H and O–H groups in total. The third-order valence-electron chi connectivity index (χ3n) is 16.3. The van der Waals surface area contributed by atoms with Gasteiger partial charge in [0.1, 0.15) is 166 Å². The van der Waals surface area contributed by atoms with E-state index in [1.54, 1.807) is 0 Å². The van der Waals surface area contributed by atoms with E-state index in [-0.39, 0.29) is 60.9 Å². The van der Waals surface area contributed by atoms with E-state index in [1.807, 2.05) is 0 Å². The van der Waals surface area contributed by atoms with Crippen LogP contribution in [-0.4, -0.2) is 174 Å². The molecule has 18 nitrogen and oxygen atoms in total. The average molecular weight is 1010 g/mol. The minimum absolute atomic E-state index is 0.00519. The standard InChI is InChI=1S/C55H64O18/c1-32(56-10-35-13-59-35)2-45(69-23-39-17-63-39)50(44(1)68-22-38-16-62-38)53-7-31-8-54(28-53,51-46(70-24-40-18-64-40)3-33(57-11-36-14-60-36)4-47(51)71-25-41-19-65-41)30-55(9-31,29-53)52-48(72-26-42-20-66-42)5-34(58-12-37-15-61-37)6-49(52)73-27-43-21-67-43/h1-6,31,35-43H,7-30H2. The lowest BCUT2D eigenvalue weighted by Gasteiger charge is -2.67. The molecule has 4 aliphatic carbocycles. The van der Waals surface area contributed by atoms with Crippen molar-refractivity contribution in [2.45, 2.75) is 110 Å². The first-order chi connectivity index (χ1) is 35.9. The van der Waals surface area contributed by atoms with E-state index in [1.165, 1.54) is 0 Å². The monoisotopic (exact) mass is 1010 g/mol. The van der Waals surface area contributed by atoms with Crippen LogP contribution in [0.15, 0.2) is 36.4 Å². The van der Waals surface area contributed by atoms with Crippen molar-refractivity contribution in [3.63, 3.8) is 0 Å². The molecule has 18 heteroatoms. The highest BCUT2D eigenvalue weighted by molar-refractivity contribution is 5.64. The highest BCUT2D eigenvalue weighted by atomic mass is 16.6. The molecule has 0 aromatic heterocycles. The molecule has 9 unspecified atom stereocenters. The van der Waals surface area contributed by atoms with E-state index in [0.29, 0.717) is 136 Å². The fourth-order valence-electron chi connectivity index (χ4n) is 12.6. The molecule has 73 heavy (non-hydrogen) atoms. The van der Waals surface area contributed by atoms with Gasteiger partial charge < -0.3 is 85.3 Å². The van der Waals surface area contributed by atoms with E-state index in [4.69, 9.17) is 85.3 Å². The molecular formula is C55H64O18. The molecule has 0 amide bonds. The second-order valence-electron chi connectivity index (χ2n) is 22.6. The van der Waals surface area contributed by atoms with Crippen LogP contribution in [0.1, 0.15) is 55.2 Å². The predicted octanol–water partition coefficient (Wildman–Crippen LogP) is 4.80. The molecule has 9 saturated heterocycles. The number of hydrogen-bond acceptors (Lipinski definition) is 18. The van der Waals surface area contributed by atoms with Crippen LogP contribution in [0.25, 0.3) is 0 Å². The number of epoxide rings is 9. The van der Waals surface area contributed by atoms with Crippen molar-refractivity contribution in [2.75, 3.05) is 119 Å². The summed E-state index contributed by atoms with van der Waals surface area (Å²) in [6.07, 6.45) is 5.10. The Labute approximate surface area is 423 Å². The predicted molar refractivity (Wildman–Crippen MR) is 253 cm³/mol. The molecule has 9 heterocycles. The number of rotatable bonds is 30. The maximum Gasteiger partial charge on any atom is 0.130 e. The van der Waals surface area contributed by atoms with Gasteiger partial charge in [-0.2, -0.15) is 0 Å². The zero-order valence-electron chi connectivity index (χ0n) is 41.1. The maximum absolute atomic E-state index is 7.02. The summed E-state index contributed by atoms with van der Waals surface area (Å²) in [6, 6.07) is 12.4. The van der Waals surface area contributed by atoms with Crippen molar-refractivity contribution in [3.8, 4) is 51.7 Å². The van der Waals surface area contributed by atoms with Crippen LogP contribution in [0, 0.1) is 5.92 Å². The van der Waals surface area contributed by atoms with Crippen molar-refractivity contribution < 1.29 is 85.3 Å². The van der Waals surface area contributed by atoms with Crippen molar-refractivity contribution in [3.05, 3.63) is 53.1 Å². The lowest BCUT2D eigenvalue weighted by atomic mass is 9.36. The van der Waals surface area contributed by atoms with Gasteiger partial charge in [-0.05, 0) is 44.4 Å². The Kier molecular flexibility index (Phi) is 11.5. The maximum atomic E-state index is 7.02. The van der Waals surface area contributed by atoms with Crippen molar-refractivity contribution in [2.24, 2.45) is 5.92 Å². The van der Waals surface area contributed by atoms with Crippen molar-refractivity contribution >= 4 is 0 Å². The Morgan fingerprint density at radius 2 is 0.466 bits per heavy atom. The Hall–Kier alpha value is -4.50. The minimum atomic E-state index is -0.546. The van der Waals surface area contributed by atoms with Gasteiger partial charge in [-0.25, -0.2) is 0 Å². The number of ether oxygens (including phenoxy) is 18. The Morgan fingerprint density at radius 3 is 0.644 bits per heavy atom. The van der Waals surface area contributed by atoms with Crippen LogP contribution in [0.4, 0.5) is 0 Å². The van der Waals surface area contributed by atoms with E-state index in [2.05, 4.69) is 36.4 Å². The first-order valence-corrected chi connectivity index (χ1v) is 26.6. The topological polar surface area (TPSA) is 196 Å². The molecule has 3 aromatic rings. The summed E-state index contributed by atoms with van der Waals surface area (Å²) in [5, 5.41) is 0. The quantitative estimate of drug-likeness (QED) is 0.0826. The lowest BCUT2D eigenvalue weighted by molar-refractivity contribution is -0.0546. The molecular weight excluding hydrogens is 949 g/mol. The summed E-state index contributed by atoms with van der Waals surface area (Å²) in [6.45, 7) is 9.64. The van der Waals surface area contributed by atoms with Crippen LogP contribution in [0.2, 0.25) is 0 Å². The van der Waals surface area contributed by atoms with Crippen molar-refractivity contribution in [1.29, 1.82) is 0 Å². The summed E-state index contributed by atoms with van der Waals surface area (Å²) in [5.74, 6) is 6.60. The summed E-state index contributed by atoms with van der Waals surface area (Å²) in [4.78, 5) is 0. The molecule has 3 aromatic carbocycles. The second kappa shape index (κ2) is 18.4. The molecule has 13 fully saturated rings. The zero-order chi connectivity index (χ0) is 48.1. The Morgan fingerprint density at radius 1 is 0.288 bits per heavy atom. The van der Waals surface area contributed by atoms with Gasteiger partial charge in [0.15, 0.2) is 0 Å². The highest BCUT2D eigenvalue weighted by Crippen LogP contribution is 2.75. The number of hydrogen-bond donors (Lipinski definition) is 0. The van der Waals surface area contributed by atoms with E-state index in [9.17, 15) is 0 Å². The molecule has 9 atom stereocenters. The zero-order valence-corrected chi connectivity index (χ0v) is 41.1. The highest BCUT2D eigenvalue weighted by Gasteiger charge is 2.68. The lowest BCUT2D eigenvalue weighted by Crippen LogP contribution is -2.62. The van der Waals surface area contributed by atoms with Gasteiger partial charge in [0.2, 0.25) is 0 Å². The van der Waals surface area contributed by atoms with E-state index >= 15 is 0 Å². The van der Waals surface area contributed by atoms with Gasteiger partial charge in [-0.15, -0.1) is 0 Å². The second-order valence-corrected chi connectivity index (χ2v) is 22.6. The Bertz CT molecular complexity index is 2140. The van der Waals surface area contributed by atoms with E-state index < -0.39 is 16.2 Å². The van der Waals surface area contributed by atoms with Gasteiger partial charge in [0.25, 0.3) is 0 Å². The third kappa shape index (κ3) is 10.4. The van der Waals surface area contributed by atoms with Crippen LogP contribution >= 0.6 is 0 Å². The molecule has 16 rings (SSSR count). The summed E-state index contributed by atoms with van der Waals surface area (Å²) < 4.78 is 113. The van der Waals surface area contributed by atoms with Crippen molar-refractivity contribution in [1.82, 2.24) is 0 Å². The largest absolute Gasteiger partial charge is 0.491 e. The Balaban J connectivity index is 0.927. The van der Waals surface area contributed by atoms with Gasteiger partial charge in [0, 0.05) is 69.3 Å². The SMILES string of the molecule is c1c(OCC2CO2)cc(OCC2CO2)c(C23CC4CC(c5c(OCC6CO6)cc(OCC6CO6)cc5OCC5CO5)(C2)CC(c2c(OCC5CO5)cc(OCC5CO5)cc2OCC2CO2)(C4)C3)c1OCC1CO1. The first-order valence-electron chi connectivity index (χ1n) is 26.6. The fourth-order valence-corrected chi connectivity index (χ4v) is 12.6. The summed E-state index contributed by atoms with van der Waals surface area (Å²) in [5.41, 5.74) is 1.45. The normalized spacial score (nSPS) is 36.7. The van der Waals surface area contributed by atoms with E-state index in [0.717, 1.165) is 89.7 Å². The molecule has 9 aliphatic heterocycles. The van der Waals surface area contributed by atoms with Gasteiger partial charge in [0.05, 0.1) is 59.5 Å². The summed E-state index contributed by atoms with van der Waals surface area (Å²) >= 11 is 0. The average Bonchev–Trinajstić information content (AvgIpc) is 4.21. The van der Waals surface area contributed by atoms with Crippen LogP contribution in [0.5, 0.6) is 51.7 Å². The minimum Gasteiger partial charge on any atom is -0.491 e. The molecule has 4 bridgehead atoms.